The Kier molecular flexibility index (Phi) is 3.19. The predicted molar refractivity (Wildman–Crippen MR) is 65.2 cm³/mol. The Morgan fingerprint density at radius 2 is 2.12 bits per heavy atom. The molecule has 2 rings (SSSR count). The average Bonchev–Trinajstić information content (AvgIpc) is 2.32. The molecular formula is C14H13NO2. The highest BCUT2D eigenvalue weighted by atomic mass is 16.4. The summed E-state index contributed by atoms with van der Waals surface area (Å²) in [4.78, 5) is 15.1. The fourth-order valence-corrected chi connectivity index (χ4v) is 1.63. The normalized spacial score (nSPS) is 10.2. The molecule has 3 nitrogen and oxygen atoms in total. The molecule has 0 unspecified atom stereocenters. The van der Waals surface area contributed by atoms with Crippen molar-refractivity contribution in [1.29, 1.82) is 0 Å². The molecule has 1 N–H and O–H groups in total. The molecule has 0 aliphatic heterocycles. The summed E-state index contributed by atoms with van der Waals surface area (Å²) < 4.78 is 0. The lowest BCUT2D eigenvalue weighted by Gasteiger charge is -2.03. The molecule has 1 aromatic heterocycles. The molecule has 1 aromatic carbocycles. The maximum absolute atomic E-state index is 10.8. The second-order valence-corrected chi connectivity index (χ2v) is 4.01. The Hall–Kier alpha value is -2.16. The van der Waals surface area contributed by atoms with Crippen LogP contribution >= 0.6 is 0 Å². The van der Waals surface area contributed by atoms with Crippen LogP contribution in [-0.4, -0.2) is 16.1 Å². The van der Waals surface area contributed by atoms with Crippen LogP contribution in [0.4, 0.5) is 0 Å². The van der Waals surface area contributed by atoms with E-state index in [4.69, 9.17) is 5.11 Å². The number of pyridine rings is 1. The van der Waals surface area contributed by atoms with E-state index < -0.39 is 5.97 Å². The van der Waals surface area contributed by atoms with Crippen molar-refractivity contribution >= 4 is 5.97 Å². The maximum atomic E-state index is 10.8. The minimum Gasteiger partial charge on any atom is -0.478 e. The summed E-state index contributed by atoms with van der Waals surface area (Å²) in [6.07, 6.45) is 2.47. The third-order valence-corrected chi connectivity index (χ3v) is 2.53. The molecule has 0 amide bonds. The zero-order valence-corrected chi connectivity index (χ0v) is 9.55. The van der Waals surface area contributed by atoms with E-state index in [1.54, 1.807) is 18.2 Å². The number of carboxylic acids is 1. The molecule has 17 heavy (non-hydrogen) atoms. The van der Waals surface area contributed by atoms with Gasteiger partial charge < -0.3 is 5.11 Å². The number of carbonyl (C=O) groups is 1. The number of carboxylic acid groups (broad SMARTS) is 1. The second-order valence-electron chi connectivity index (χ2n) is 4.01. The van der Waals surface area contributed by atoms with Crippen LogP contribution in [0.3, 0.4) is 0 Å². The predicted octanol–water partition coefficient (Wildman–Crippen LogP) is 2.68. The molecule has 0 radical (unpaired) electrons. The van der Waals surface area contributed by atoms with E-state index in [0.717, 1.165) is 16.8 Å². The van der Waals surface area contributed by atoms with Gasteiger partial charge in [-0.05, 0) is 36.2 Å². The van der Waals surface area contributed by atoms with Crippen LogP contribution in [0.2, 0.25) is 0 Å². The quantitative estimate of drug-likeness (QED) is 0.877. The third-order valence-electron chi connectivity index (χ3n) is 2.53. The molecule has 86 valence electrons. The highest BCUT2D eigenvalue weighted by Crippen LogP contribution is 2.10. The molecule has 0 atom stereocenters. The summed E-state index contributed by atoms with van der Waals surface area (Å²) in [6.45, 7) is 1.99. The Balaban J connectivity index is 2.21. The van der Waals surface area contributed by atoms with Crippen molar-refractivity contribution in [2.75, 3.05) is 0 Å². The smallest absolute Gasteiger partial charge is 0.335 e. The van der Waals surface area contributed by atoms with Gasteiger partial charge in [-0.15, -0.1) is 0 Å². The number of hydrogen-bond donors (Lipinski definition) is 1. The number of benzene rings is 1. The fourth-order valence-electron chi connectivity index (χ4n) is 1.63. The molecule has 2 aromatic rings. The molecule has 3 heteroatoms. The van der Waals surface area contributed by atoms with E-state index in [0.29, 0.717) is 12.0 Å². The monoisotopic (exact) mass is 227 g/mol. The van der Waals surface area contributed by atoms with Crippen LogP contribution in [-0.2, 0) is 6.42 Å². The molecule has 0 aliphatic rings. The summed E-state index contributed by atoms with van der Waals surface area (Å²) in [7, 11) is 0. The summed E-state index contributed by atoms with van der Waals surface area (Å²) >= 11 is 0. The van der Waals surface area contributed by atoms with Gasteiger partial charge in [-0.2, -0.15) is 0 Å². The van der Waals surface area contributed by atoms with Gasteiger partial charge in [-0.25, -0.2) is 4.79 Å². The second kappa shape index (κ2) is 4.78. The third kappa shape index (κ3) is 2.91. The van der Waals surface area contributed by atoms with E-state index in [-0.39, 0.29) is 0 Å². The van der Waals surface area contributed by atoms with Crippen LogP contribution in [0.25, 0.3) is 0 Å². The van der Waals surface area contributed by atoms with Gasteiger partial charge in [0.2, 0.25) is 0 Å². The number of hydrogen-bond acceptors (Lipinski definition) is 2. The molecule has 0 fully saturated rings. The van der Waals surface area contributed by atoms with Gasteiger partial charge in [0.25, 0.3) is 0 Å². The van der Waals surface area contributed by atoms with Gasteiger partial charge in [-0.3, -0.25) is 4.98 Å². The lowest BCUT2D eigenvalue weighted by Crippen LogP contribution is -1.98. The van der Waals surface area contributed by atoms with Crippen molar-refractivity contribution in [1.82, 2.24) is 4.98 Å². The molecule has 0 aliphatic carbocycles. The van der Waals surface area contributed by atoms with E-state index in [1.165, 1.54) is 0 Å². The molecule has 0 saturated carbocycles. The lowest BCUT2D eigenvalue weighted by atomic mass is 10.1. The molecule has 1 heterocycles. The van der Waals surface area contributed by atoms with Crippen molar-refractivity contribution in [3.8, 4) is 0 Å². The average molecular weight is 227 g/mol. The van der Waals surface area contributed by atoms with Crippen molar-refractivity contribution in [3.05, 3.63) is 65.0 Å². The molecule has 0 bridgehead atoms. The number of rotatable bonds is 3. The van der Waals surface area contributed by atoms with Crippen molar-refractivity contribution in [3.63, 3.8) is 0 Å². The molecule has 0 saturated heterocycles. The molecule has 0 spiro atoms. The largest absolute Gasteiger partial charge is 0.478 e. The Morgan fingerprint density at radius 1 is 1.29 bits per heavy atom. The maximum Gasteiger partial charge on any atom is 0.335 e. The van der Waals surface area contributed by atoms with Crippen molar-refractivity contribution < 1.29 is 9.90 Å². The van der Waals surface area contributed by atoms with Crippen molar-refractivity contribution in [2.45, 2.75) is 13.3 Å². The topological polar surface area (TPSA) is 50.2 Å². The SMILES string of the molecule is Cc1ccc(Cc2cccc(C(=O)O)c2)nc1. The van der Waals surface area contributed by atoms with E-state index >= 15 is 0 Å². The first-order chi connectivity index (χ1) is 8.15. The van der Waals surface area contributed by atoms with Gasteiger partial charge in [0.05, 0.1) is 5.56 Å². The first-order valence-corrected chi connectivity index (χ1v) is 5.39. The Morgan fingerprint density at radius 3 is 2.76 bits per heavy atom. The summed E-state index contributed by atoms with van der Waals surface area (Å²) in [6, 6.07) is 10.9. The van der Waals surface area contributed by atoms with E-state index in [9.17, 15) is 4.79 Å². The summed E-state index contributed by atoms with van der Waals surface area (Å²) in [5.74, 6) is -0.899. The Labute approximate surface area is 99.8 Å². The summed E-state index contributed by atoms with van der Waals surface area (Å²) in [5, 5.41) is 8.90. The number of aromatic nitrogens is 1. The van der Waals surface area contributed by atoms with Crippen LogP contribution in [0.15, 0.2) is 42.6 Å². The Bertz CT molecular complexity index is 532. The van der Waals surface area contributed by atoms with E-state index in [2.05, 4.69) is 4.98 Å². The lowest BCUT2D eigenvalue weighted by molar-refractivity contribution is 0.0697. The van der Waals surface area contributed by atoms with E-state index in [1.807, 2.05) is 31.3 Å². The van der Waals surface area contributed by atoms with Crippen LogP contribution in [0, 0.1) is 6.92 Å². The molecular weight excluding hydrogens is 214 g/mol. The highest BCUT2D eigenvalue weighted by Gasteiger charge is 2.04. The van der Waals surface area contributed by atoms with Crippen LogP contribution in [0.5, 0.6) is 0 Å². The van der Waals surface area contributed by atoms with Crippen LogP contribution < -0.4 is 0 Å². The van der Waals surface area contributed by atoms with Gasteiger partial charge in [0.1, 0.15) is 0 Å². The minimum absolute atomic E-state index is 0.314. The van der Waals surface area contributed by atoms with Gasteiger partial charge in [0, 0.05) is 18.3 Å². The zero-order chi connectivity index (χ0) is 12.3. The number of aromatic carboxylic acids is 1. The fraction of sp³-hybridized carbons (Fsp3) is 0.143. The van der Waals surface area contributed by atoms with Gasteiger partial charge >= 0.3 is 5.97 Å². The summed E-state index contributed by atoms with van der Waals surface area (Å²) in [5.41, 5.74) is 3.34. The van der Waals surface area contributed by atoms with Gasteiger partial charge in [0.15, 0.2) is 0 Å². The van der Waals surface area contributed by atoms with Gasteiger partial charge in [-0.1, -0.05) is 18.2 Å². The first-order valence-electron chi connectivity index (χ1n) is 5.39. The van der Waals surface area contributed by atoms with Crippen molar-refractivity contribution in [2.24, 2.45) is 0 Å². The minimum atomic E-state index is -0.899. The number of aryl methyl sites for hydroxylation is 1. The first kappa shape index (κ1) is 11.3. The van der Waals surface area contributed by atoms with Crippen LogP contribution in [0.1, 0.15) is 27.2 Å². The number of nitrogens with zero attached hydrogens (tertiary/aromatic N) is 1. The standard InChI is InChI=1S/C14H13NO2/c1-10-5-6-13(15-9-10)8-11-3-2-4-12(7-11)14(16)17/h2-7,9H,8H2,1H3,(H,16,17). The highest BCUT2D eigenvalue weighted by molar-refractivity contribution is 5.87. The zero-order valence-electron chi connectivity index (χ0n) is 9.55.